The molecule has 3 heterocycles. The number of nitrogens with zero attached hydrogens (tertiary/aromatic N) is 4. The molecule has 1 saturated carbocycles. The van der Waals surface area contributed by atoms with Crippen LogP contribution in [0.5, 0.6) is 0 Å². The quantitative estimate of drug-likeness (QED) is 0.125. The zero-order valence-corrected chi connectivity index (χ0v) is 30.9. The van der Waals surface area contributed by atoms with Crippen molar-refractivity contribution in [3.8, 4) is 33.6 Å². The Bertz CT molecular complexity index is 2170. The number of aromatic amines is 2. The lowest BCUT2D eigenvalue weighted by atomic mass is 9.94. The first-order chi connectivity index (χ1) is 26.4. The van der Waals surface area contributed by atoms with Gasteiger partial charge in [-0.3, -0.25) is 14.5 Å². The van der Waals surface area contributed by atoms with Crippen LogP contribution in [0.4, 0.5) is 0 Å². The Morgan fingerprint density at radius 1 is 0.722 bits per heavy atom. The molecule has 9 nitrogen and oxygen atoms in total. The van der Waals surface area contributed by atoms with E-state index in [0.717, 1.165) is 95.1 Å². The average Bonchev–Trinajstić information content (AvgIpc) is 4.05. The minimum atomic E-state index is -0.338. The minimum Gasteiger partial charge on any atom is -0.352 e. The second kappa shape index (κ2) is 15.7. The van der Waals surface area contributed by atoms with E-state index in [4.69, 9.17) is 9.97 Å². The molecular formula is C45H47N7O2. The first-order valence-electron chi connectivity index (χ1n) is 19.1. The van der Waals surface area contributed by atoms with Crippen molar-refractivity contribution in [2.45, 2.75) is 56.7 Å². The molecule has 274 valence electrons. The van der Waals surface area contributed by atoms with Crippen molar-refractivity contribution in [1.29, 1.82) is 0 Å². The highest BCUT2D eigenvalue weighted by atomic mass is 16.2. The van der Waals surface area contributed by atoms with Gasteiger partial charge in [0.15, 0.2) is 0 Å². The number of likely N-dealkylation sites (tertiary alicyclic amines) is 1. The third-order valence-electron chi connectivity index (χ3n) is 11.1. The van der Waals surface area contributed by atoms with Gasteiger partial charge in [0.05, 0.1) is 29.8 Å². The van der Waals surface area contributed by atoms with Crippen molar-refractivity contribution in [1.82, 2.24) is 35.1 Å². The Morgan fingerprint density at radius 3 is 1.93 bits per heavy atom. The zero-order chi connectivity index (χ0) is 37.0. The Labute approximate surface area is 316 Å². The molecule has 0 spiro atoms. The summed E-state index contributed by atoms with van der Waals surface area (Å²) in [6.45, 7) is 1.27. The van der Waals surface area contributed by atoms with Crippen LogP contribution >= 0.6 is 0 Å². The molecule has 2 aliphatic rings. The Kier molecular flexibility index (Phi) is 10.2. The number of H-pyrrole nitrogens is 2. The summed E-state index contributed by atoms with van der Waals surface area (Å²) in [5.74, 6) is 1.95. The Balaban J connectivity index is 0.908. The van der Waals surface area contributed by atoms with Crippen LogP contribution in [0.1, 0.15) is 72.9 Å². The molecule has 4 unspecified atom stereocenters. The van der Waals surface area contributed by atoms with Gasteiger partial charge in [-0.05, 0) is 73.2 Å². The third kappa shape index (κ3) is 7.37. The van der Waals surface area contributed by atoms with E-state index >= 15 is 0 Å². The van der Waals surface area contributed by atoms with Crippen molar-refractivity contribution in [2.24, 2.45) is 5.92 Å². The van der Waals surface area contributed by atoms with Gasteiger partial charge in [-0.15, -0.1) is 0 Å². The van der Waals surface area contributed by atoms with Gasteiger partial charge in [-0.25, -0.2) is 9.97 Å². The number of carbonyl (C=O) groups is 2. The Morgan fingerprint density at radius 2 is 1.30 bits per heavy atom. The maximum absolute atomic E-state index is 13.9. The molecule has 8 rings (SSSR count). The number of hydrogen-bond donors (Lipinski definition) is 3. The van der Waals surface area contributed by atoms with Crippen LogP contribution in [0.2, 0.25) is 0 Å². The van der Waals surface area contributed by atoms with Gasteiger partial charge in [0.2, 0.25) is 11.8 Å². The topological polar surface area (TPSA) is 110 Å². The second-order valence-electron chi connectivity index (χ2n) is 14.8. The van der Waals surface area contributed by atoms with Gasteiger partial charge >= 0.3 is 0 Å². The summed E-state index contributed by atoms with van der Waals surface area (Å²) in [6, 6.07) is 36.6. The van der Waals surface area contributed by atoms with E-state index < -0.39 is 0 Å². The number of carbonyl (C=O) groups excluding carboxylic acids is 2. The fraction of sp³-hybridized carbons (Fsp3) is 0.289. The van der Waals surface area contributed by atoms with Crippen LogP contribution in [0.25, 0.3) is 33.6 Å². The van der Waals surface area contributed by atoms with E-state index in [1.807, 2.05) is 97.0 Å². The van der Waals surface area contributed by atoms with E-state index in [-0.39, 0.29) is 35.7 Å². The van der Waals surface area contributed by atoms with Crippen LogP contribution in [-0.2, 0) is 16.1 Å². The first-order valence-corrected chi connectivity index (χ1v) is 19.1. The number of aromatic nitrogens is 4. The highest BCUT2D eigenvalue weighted by molar-refractivity contribution is 5.84. The van der Waals surface area contributed by atoms with Crippen molar-refractivity contribution >= 4 is 11.8 Å². The molecule has 2 aromatic heterocycles. The lowest BCUT2D eigenvalue weighted by Crippen LogP contribution is -2.40. The molecule has 1 saturated heterocycles. The molecule has 4 atom stereocenters. The average molecular weight is 718 g/mol. The number of imidazole rings is 2. The van der Waals surface area contributed by atoms with E-state index in [2.05, 4.69) is 63.8 Å². The summed E-state index contributed by atoms with van der Waals surface area (Å²) in [6.07, 6.45) is 8.45. The van der Waals surface area contributed by atoms with Gasteiger partial charge in [0, 0.05) is 24.9 Å². The van der Waals surface area contributed by atoms with Gasteiger partial charge in [0.1, 0.15) is 17.7 Å². The molecular weight excluding hydrogens is 671 g/mol. The number of amides is 2. The van der Waals surface area contributed by atoms with Crippen LogP contribution in [-0.4, -0.2) is 62.2 Å². The smallest absolute Gasteiger partial charge is 0.245 e. The van der Waals surface area contributed by atoms with Gasteiger partial charge in [0.25, 0.3) is 0 Å². The molecule has 9 heteroatoms. The van der Waals surface area contributed by atoms with Gasteiger partial charge in [-0.1, -0.05) is 116 Å². The standard InChI is InChI=1S/C45H47N7O2/c1-51(2)41(35-13-7-4-8-14-35)45(54)52-26-10-17-40(52)43-47-29-39(50-43)34-24-20-32(21-25-34)31-18-22-33(23-19-31)38-28-46-42(49-38)36-15-9-16-37(36)44(53)48-27-30-11-5-3-6-12-30/h3-8,11-14,18-25,28-29,36-37,40-41H,9-10,15-17,26-27H2,1-2H3,(H,46,49)(H,47,50)(H,48,53). The maximum atomic E-state index is 13.9. The van der Waals surface area contributed by atoms with Crippen LogP contribution in [0.3, 0.4) is 0 Å². The van der Waals surface area contributed by atoms with Crippen molar-refractivity contribution < 1.29 is 9.59 Å². The number of benzene rings is 4. The molecule has 1 aliphatic carbocycles. The summed E-state index contributed by atoms with van der Waals surface area (Å²) in [5, 5.41) is 3.14. The molecule has 6 aromatic rings. The molecule has 0 bridgehead atoms. The van der Waals surface area contributed by atoms with Crippen molar-refractivity contribution in [3.05, 3.63) is 144 Å². The van der Waals surface area contributed by atoms with Crippen molar-refractivity contribution in [3.63, 3.8) is 0 Å². The van der Waals surface area contributed by atoms with E-state index in [1.54, 1.807) is 0 Å². The largest absolute Gasteiger partial charge is 0.352 e. The maximum Gasteiger partial charge on any atom is 0.245 e. The predicted octanol–water partition coefficient (Wildman–Crippen LogP) is 8.30. The molecule has 1 aliphatic heterocycles. The molecule has 0 radical (unpaired) electrons. The van der Waals surface area contributed by atoms with Crippen LogP contribution in [0, 0.1) is 5.92 Å². The summed E-state index contributed by atoms with van der Waals surface area (Å²) < 4.78 is 0. The molecule has 4 aromatic carbocycles. The van der Waals surface area contributed by atoms with Gasteiger partial charge < -0.3 is 20.2 Å². The fourth-order valence-electron chi connectivity index (χ4n) is 8.29. The number of rotatable bonds is 11. The summed E-state index contributed by atoms with van der Waals surface area (Å²) in [4.78, 5) is 47.6. The normalized spacial score (nSPS) is 18.9. The Hall–Kier alpha value is -5.80. The molecule has 3 N–H and O–H groups in total. The monoisotopic (exact) mass is 717 g/mol. The van der Waals surface area contributed by atoms with Gasteiger partial charge in [-0.2, -0.15) is 0 Å². The lowest BCUT2D eigenvalue weighted by molar-refractivity contribution is -0.137. The molecule has 2 amide bonds. The summed E-state index contributed by atoms with van der Waals surface area (Å²) in [7, 11) is 3.92. The highest BCUT2D eigenvalue weighted by Gasteiger charge is 2.37. The van der Waals surface area contributed by atoms with E-state index in [9.17, 15) is 9.59 Å². The summed E-state index contributed by atoms with van der Waals surface area (Å²) >= 11 is 0. The first kappa shape index (κ1) is 35.2. The third-order valence-corrected chi connectivity index (χ3v) is 11.1. The van der Waals surface area contributed by atoms with Crippen molar-refractivity contribution in [2.75, 3.05) is 20.6 Å². The van der Waals surface area contributed by atoms with E-state index in [1.165, 1.54) is 0 Å². The highest BCUT2D eigenvalue weighted by Crippen LogP contribution is 2.40. The lowest BCUT2D eigenvalue weighted by Gasteiger charge is -2.31. The van der Waals surface area contributed by atoms with E-state index in [0.29, 0.717) is 6.54 Å². The second-order valence-corrected chi connectivity index (χ2v) is 14.8. The molecule has 54 heavy (non-hydrogen) atoms. The number of hydrogen-bond acceptors (Lipinski definition) is 5. The SMILES string of the molecule is CN(C)C(C(=O)N1CCCC1c1ncc(-c2ccc(-c3ccc(-c4cnc(C5CCCC5C(=O)NCc5ccccc5)[nH]4)cc3)cc2)[nH]1)c1ccccc1. The minimum absolute atomic E-state index is 0.0752. The number of likely N-dealkylation sites (N-methyl/N-ethyl adjacent to an activating group) is 1. The number of nitrogens with one attached hydrogen (secondary N) is 3. The molecule has 2 fully saturated rings. The fourth-order valence-corrected chi connectivity index (χ4v) is 8.29. The zero-order valence-electron chi connectivity index (χ0n) is 30.9. The summed E-state index contributed by atoms with van der Waals surface area (Å²) in [5.41, 5.74) is 8.34. The van der Waals surface area contributed by atoms with Crippen LogP contribution < -0.4 is 5.32 Å². The predicted molar refractivity (Wildman–Crippen MR) is 212 cm³/mol. The van der Waals surface area contributed by atoms with Crippen LogP contribution in [0.15, 0.2) is 122 Å².